The van der Waals surface area contributed by atoms with Crippen LogP contribution in [0.25, 0.3) is 11.3 Å². The Hall–Kier alpha value is -3.80. The van der Waals surface area contributed by atoms with E-state index < -0.39 is 15.8 Å². The highest BCUT2D eigenvalue weighted by molar-refractivity contribution is 7.92. The molecule has 0 amide bonds. The van der Waals surface area contributed by atoms with E-state index in [1.165, 1.54) is 30.5 Å². The van der Waals surface area contributed by atoms with Gasteiger partial charge in [-0.05, 0) is 55.8 Å². The number of hydrogen-bond acceptors (Lipinski definition) is 8. The highest BCUT2D eigenvalue weighted by atomic mass is 35.5. The average molecular weight is 555 g/mol. The molecule has 2 aromatic heterocycles. The van der Waals surface area contributed by atoms with Gasteiger partial charge in [-0.3, -0.25) is 9.71 Å². The quantitative estimate of drug-likeness (QED) is 0.276. The van der Waals surface area contributed by atoms with Gasteiger partial charge in [-0.25, -0.2) is 22.8 Å². The fraction of sp³-hybridized carbons (Fsp3) is 0.192. The molecule has 1 aliphatic rings. The maximum Gasteiger partial charge on any atom is 0.263 e. The van der Waals surface area contributed by atoms with Crippen LogP contribution in [-0.2, 0) is 10.0 Å². The number of benzene rings is 2. The molecule has 0 spiro atoms. The lowest BCUT2D eigenvalue weighted by atomic mass is 10.1. The van der Waals surface area contributed by atoms with Crippen LogP contribution >= 0.6 is 11.6 Å². The van der Waals surface area contributed by atoms with Crippen LogP contribution in [-0.4, -0.2) is 42.5 Å². The third-order valence-electron chi connectivity index (χ3n) is 5.87. The Labute approximate surface area is 224 Å². The Morgan fingerprint density at radius 1 is 1.08 bits per heavy atom. The number of pyridine rings is 1. The molecule has 1 fully saturated rings. The van der Waals surface area contributed by atoms with Crippen LogP contribution in [0.5, 0.6) is 11.5 Å². The number of anilines is 2. The summed E-state index contributed by atoms with van der Waals surface area (Å²) in [5.74, 6) is -0.0552. The maximum absolute atomic E-state index is 15.0. The topological polar surface area (TPSA) is 118 Å². The Morgan fingerprint density at radius 2 is 1.95 bits per heavy atom. The molecule has 1 atom stereocenters. The van der Waals surface area contributed by atoms with Gasteiger partial charge in [-0.1, -0.05) is 23.7 Å². The average Bonchev–Trinajstić information content (AvgIpc) is 2.91. The van der Waals surface area contributed by atoms with Gasteiger partial charge >= 0.3 is 0 Å². The molecule has 1 aliphatic heterocycles. The summed E-state index contributed by atoms with van der Waals surface area (Å²) in [5, 5.41) is 6.74. The van der Waals surface area contributed by atoms with Crippen molar-refractivity contribution in [3.05, 3.63) is 84.0 Å². The molecule has 38 heavy (non-hydrogen) atoms. The molecule has 0 bridgehead atoms. The summed E-state index contributed by atoms with van der Waals surface area (Å²) in [4.78, 5) is 13.0. The molecule has 2 aromatic carbocycles. The van der Waals surface area contributed by atoms with Gasteiger partial charge in [0, 0.05) is 37.2 Å². The Morgan fingerprint density at radius 3 is 2.74 bits per heavy atom. The Bertz CT molecular complexity index is 1550. The minimum atomic E-state index is -4.01. The lowest BCUT2D eigenvalue weighted by Crippen LogP contribution is -2.38. The number of hydrogen-bond donors (Lipinski definition) is 3. The van der Waals surface area contributed by atoms with Crippen molar-refractivity contribution in [3.8, 4) is 22.8 Å². The molecule has 3 heterocycles. The van der Waals surface area contributed by atoms with Crippen molar-refractivity contribution < 1.29 is 17.5 Å². The molecule has 0 aliphatic carbocycles. The minimum Gasteiger partial charge on any atom is -0.453 e. The van der Waals surface area contributed by atoms with Gasteiger partial charge in [-0.15, -0.1) is 0 Å². The van der Waals surface area contributed by atoms with Crippen molar-refractivity contribution in [3.63, 3.8) is 0 Å². The summed E-state index contributed by atoms with van der Waals surface area (Å²) >= 11 is 6.01. The number of halogens is 2. The number of piperidine rings is 1. The first-order valence-corrected chi connectivity index (χ1v) is 13.7. The summed E-state index contributed by atoms with van der Waals surface area (Å²) in [7, 11) is -4.01. The Balaban J connectivity index is 1.35. The molecular formula is C26H24ClFN6O3S. The molecule has 3 N–H and O–H groups in total. The fourth-order valence-electron chi connectivity index (χ4n) is 4.04. The van der Waals surface area contributed by atoms with E-state index in [0.29, 0.717) is 23.0 Å². The molecule has 196 valence electrons. The summed E-state index contributed by atoms with van der Waals surface area (Å²) in [6.45, 7) is 1.83. The first-order chi connectivity index (χ1) is 18.4. The second-order valence-electron chi connectivity index (χ2n) is 8.61. The van der Waals surface area contributed by atoms with Crippen LogP contribution in [0.2, 0.25) is 5.02 Å². The zero-order valence-electron chi connectivity index (χ0n) is 20.1. The summed E-state index contributed by atoms with van der Waals surface area (Å²) in [5.41, 5.74) is 1.12. The van der Waals surface area contributed by atoms with E-state index in [2.05, 4.69) is 30.3 Å². The normalized spacial score (nSPS) is 15.6. The van der Waals surface area contributed by atoms with Gasteiger partial charge in [0.25, 0.3) is 10.0 Å². The molecule has 5 rings (SSSR count). The minimum absolute atomic E-state index is 0.0217. The number of sulfonamides is 1. The van der Waals surface area contributed by atoms with Crippen LogP contribution in [0.3, 0.4) is 0 Å². The van der Waals surface area contributed by atoms with E-state index in [4.69, 9.17) is 16.3 Å². The molecule has 12 heteroatoms. The van der Waals surface area contributed by atoms with Gasteiger partial charge in [0.1, 0.15) is 10.6 Å². The monoisotopic (exact) mass is 554 g/mol. The third kappa shape index (κ3) is 6.01. The van der Waals surface area contributed by atoms with Gasteiger partial charge in [0.15, 0.2) is 11.6 Å². The van der Waals surface area contributed by atoms with E-state index in [1.54, 1.807) is 36.7 Å². The number of rotatable bonds is 8. The molecule has 0 radical (unpaired) electrons. The van der Waals surface area contributed by atoms with E-state index in [1.807, 2.05) is 0 Å². The number of nitrogens with one attached hydrogen (secondary N) is 3. The predicted molar refractivity (Wildman–Crippen MR) is 144 cm³/mol. The van der Waals surface area contributed by atoms with Crippen molar-refractivity contribution in [2.75, 3.05) is 23.1 Å². The fourth-order valence-corrected chi connectivity index (χ4v) is 5.61. The zero-order valence-corrected chi connectivity index (χ0v) is 21.6. The van der Waals surface area contributed by atoms with E-state index in [-0.39, 0.29) is 27.4 Å². The smallest absolute Gasteiger partial charge is 0.263 e. The first kappa shape index (κ1) is 25.8. The van der Waals surface area contributed by atoms with Gasteiger partial charge in [-0.2, -0.15) is 0 Å². The molecule has 9 nitrogen and oxygen atoms in total. The highest BCUT2D eigenvalue weighted by Crippen LogP contribution is 2.34. The SMILES string of the molecule is O=S(=O)(Nc1ccc(Oc2ccncc2-c2ccnc(N[C@H]3CCCNC3)n2)c(F)c1)c1ccccc1Cl. The zero-order chi connectivity index (χ0) is 26.5. The van der Waals surface area contributed by atoms with Crippen molar-refractivity contribution >= 4 is 33.3 Å². The summed E-state index contributed by atoms with van der Waals surface area (Å²) < 4.78 is 48.6. The largest absolute Gasteiger partial charge is 0.453 e. The van der Waals surface area contributed by atoms with Crippen LogP contribution in [0, 0.1) is 5.82 Å². The molecule has 0 unspecified atom stereocenters. The van der Waals surface area contributed by atoms with Crippen molar-refractivity contribution in [1.82, 2.24) is 20.3 Å². The second-order valence-corrected chi connectivity index (χ2v) is 10.7. The van der Waals surface area contributed by atoms with Crippen LogP contribution in [0.15, 0.2) is 78.1 Å². The van der Waals surface area contributed by atoms with Crippen LogP contribution in [0.1, 0.15) is 12.8 Å². The van der Waals surface area contributed by atoms with Crippen molar-refractivity contribution in [2.45, 2.75) is 23.8 Å². The molecular weight excluding hydrogens is 531 g/mol. The van der Waals surface area contributed by atoms with E-state index in [9.17, 15) is 8.42 Å². The Kier molecular flexibility index (Phi) is 7.68. The summed E-state index contributed by atoms with van der Waals surface area (Å²) in [6, 6.07) is 13.3. The second kappa shape index (κ2) is 11.3. The maximum atomic E-state index is 15.0. The van der Waals surface area contributed by atoms with E-state index >= 15 is 4.39 Å². The molecule has 1 saturated heterocycles. The lowest BCUT2D eigenvalue weighted by molar-refractivity contribution is 0.443. The lowest BCUT2D eigenvalue weighted by Gasteiger charge is -2.23. The summed E-state index contributed by atoms with van der Waals surface area (Å²) in [6.07, 6.45) is 6.83. The molecule has 4 aromatic rings. The number of ether oxygens (including phenoxy) is 1. The van der Waals surface area contributed by atoms with Gasteiger partial charge in [0.2, 0.25) is 5.95 Å². The number of nitrogens with zero attached hydrogens (tertiary/aromatic N) is 3. The van der Waals surface area contributed by atoms with Crippen molar-refractivity contribution in [2.24, 2.45) is 0 Å². The standard InChI is InChI=1S/C26H24ClFN6O3S/c27-20-5-1-2-6-25(20)38(35,36)34-17-7-8-24(21(28)14-17)37-23-10-12-30-16-19(23)22-9-13-31-26(33-22)32-18-4-3-11-29-15-18/h1-2,5-10,12-14,16,18,29,34H,3-4,11,15H2,(H,31,32,33)/t18-/m0/s1. The predicted octanol–water partition coefficient (Wildman–Crippen LogP) is 5.09. The van der Waals surface area contributed by atoms with Gasteiger partial charge < -0.3 is 15.4 Å². The van der Waals surface area contributed by atoms with Crippen LogP contribution in [0.4, 0.5) is 16.0 Å². The molecule has 0 saturated carbocycles. The first-order valence-electron chi connectivity index (χ1n) is 11.9. The third-order valence-corrected chi connectivity index (χ3v) is 7.75. The van der Waals surface area contributed by atoms with Gasteiger partial charge in [0.05, 0.1) is 22.0 Å². The highest BCUT2D eigenvalue weighted by Gasteiger charge is 2.19. The number of aromatic nitrogens is 3. The van der Waals surface area contributed by atoms with E-state index in [0.717, 1.165) is 32.0 Å². The van der Waals surface area contributed by atoms with Crippen molar-refractivity contribution in [1.29, 1.82) is 0 Å². The van der Waals surface area contributed by atoms with Crippen LogP contribution < -0.4 is 20.1 Å².